The third-order valence-electron chi connectivity index (χ3n) is 4.72. The van der Waals surface area contributed by atoms with Crippen LogP contribution in [0.2, 0.25) is 0 Å². The number of aliphatic carboxylic acids is 1. The Kier molecular flexibility index (Phi) is 7.41. The van der Waals surface area contributed by atoms with E-state index < -0.39 is 46.3 Å². The maximum absolute atomic E-state index is 12.5. The van der Waals surface area contributed by atoms with Crippen LogP contribution in [-0.2, 0) is 35.1 Å². The fourth-order valence-corrected chi connectivity index (χ4v) is 7.69. The van der Waals surface area contributed by atoms with Gasteiger partial charge in [-0.05, 0) is 29.8 Å². The number of ether oxygens (including phenoxy) is 1. The molecular formula is C17H22N2O7S3. The first-order valence-corrected chi connectivity index (χ1v) is 12.6. The highest BCUT2D eigenvalue weighted by Crippen LogP contribution is 2.40. The minimum Gasteiger partial charge on any atom is -0.615 e. The number of carboxylic acid groups (broad SMARTS) is 1. The van der Waals surface area contributed by atoms with Gasteiger partial charge in [-0.25, -0.2) is 4.79 Å². The van der Waals surface area contributed by atoms with Gasteiger partial charge in [0, 0.05) is 24.7 Å². The number of carbonyl (C=O) groups is 4. The first kappa shape index (κ1) is 22.3. The number of esters is 1. The van der Waals surface area contributed by atoms with Crippen molar-refractivity contribution in [3.63, 3.8) is 0 Å². The summed E-state index contributed by atoms with van der Waals surface area (Å²) in [5.41, 5.74) is 0.134. The Morgan fingerprint density at radius 1 is 1.34 bits per heavy atom. The van der Waals surface area contributed by atoms with E-state index >= 15 is 0 Å². The van der Waals surface area contributed by atoms with Gasteiger partial charge in [-0.1, -0.05) is 0 Å². The monoisotopic (exact) mass is 462 g/mol. The summed E-state index contributed by atoms with van der Waals surface area (Å²) in [4.78, 5) is 48.6. The van der Waals surface area contributed by atoms with Crippen LogP contribution in [0.25, 0.3) is 0 Å². The van der Waals surface area contributed by atoms with E-state index in [2.05, 4.69) is 5.32 Å². The summed E-state index contributed by atoms with van der Waals surface area (Å²) < 4.78 is 17.2. The molecule has 9 nitrogen and oxygen atoms in total. The van der Waals surface area contributed by atoms with Crippen molar-refractivity contribution in [2.24, 2.45) is 0 Å². The molecule has 0 bridgehead atoms. The molecule has 0 radical (unpaired) electrons. The first-order valence-electron chi connectivity index (χ1n) is 9.11. The van der Waals surface area contributed by atoms with Crippen LogP contribution in [0.4, 0.5) is 0 Å². The van der Waals surface area contributed by atoms with Crippen LogP contribution < -0.4 is 5.32 Å². The molecule has 0 saturated carbocycles. The topological polar surface area (TPSA) is 136 Å². The van der Waals surface area contributed by atoms with Crippen LogP contribution in [0.1, 0.15) is 26.2 Å². The van der Waals surface area contributed by atoms with Gasteiger partial charge in [-0.15, -0.1) is 23.5 Å². The standard InChI is InChI=1S/C17H22N2O7S3/c1-9(20)26-6-10-7-28-16-13(15(22)19(16)14(10)17(23)24)18-11(21)8-29(25)12-4-2-3-5-27-12/h12-13,16H,2-8H2,1H3,(H,18,21)(H,23,24)/t12?,13-,16-,29?/m1/s1. The third kappa shape index (κ3) is 5.04. The minimum atomic E-state index is -1.31. The molecule has 2 fully saturated rings. The van der Waals surface area contributed by atoms with Crippen LogP contribution in [0.15, 0.2) is 11.3 Å². The maximum Gasteiger partial charge on any atom is 0.352 e. The Bertz CT molecular complexity index is 739. The number of amides is 2. The lowest BCUT2D eigenvalue weighted by molar-refractivity contribution is -0.150. The van der Waals surface area contributed by atoms with Crippen molar-refractivity contribution < 1.29 is 33.6 Å². The summed E-state index contributed by atoms with van der Waals surface area (Å²) in [6.07, 6.45) is 2.91. The summed E-state index contributed by atoms with van der Waals surface area (Å²) in [6.45, 7) is 1.02. The number of fused-ring (bicyclic) bond motifs is 1. The number of β-lactam (4-membered cyclic amide) rings is 1. The number of hydrogen-bond donors (Lipinski definition) is 2. The average molecular weight is 463 g/mol. The normalized spacial score (nSPS) is 27.6. The largest absolute Gasteiger partial charge is 0.615 e. The van der Waals surface area contributed by atoms with Crippen molar-refractivity contribution in [1.82, 2.24) is 10.2 Å². The molecule has 0 aromatic carbocycles. The number of rotatable bonds is 7. The molecule has 0 aromatic heterocycles. The Labute approximate surface area is 179 Å². The highest BCUT2D eigenvalue weighted by Gasteiger charge is 2.54. The molecule has 12 heteroatoms. The van der Waals surface area contributed by atoms with Crippen molar-refractivity contribution in [3.05, 3.63) is 11.3 Å². The van der Waals surface area contributed by atoms with Crippen molar-refractivity contribution >= 4 is 58.5 Å². The molecule has 2 saturated heterocycles. The number of carbonyl (C=O) groups excluding carboxylic acids is 3. The summed E-state index contributed by atoms with van der Waals surface area (Å²) in [5.74, 6) is -1.80. The van der Waals surface area contributed by atoms with E-state index in [1.165, 1.54) is 18.7 Å². The van der Waals surface area contributed by atoms with E-state index in [0.29, 0.717) is 5.57 Å². The second-order valence-electron chi connectivity index (χ2n) is 6.81. The van der Waals surface area contributed by atoms with E-state index in [-0.39, 0.29) is 28.4 Å². The summed E-state index contributed by atoms with van der Waals surface area (Å²) in [5, 5.41) is 11.6. The second kappa shape index (κ2) is 9.63. The summed E-state index contributed by atoms with van der Waals surface area (Å²) >= 11 is 1.60. The van der Waals surface area contributed by atoms with E-state index in [1.54, 1.807) is 11.8 Å². The summed E-state index contributed by atoms with van der Waals surface area (Å²) in [7, 11) is 0. The molecule has 0 aromatic rings. The number of thioether (sulfide) groups is 2. The van der Waals surface area contributed by atoms with Gasteiger partial charge in [0.25, 0.3) is 11.8 Å². The fraction of sp³-hybridized carbons (Fsp3) is 0.647. The zero-order valence-corrected chi connectivity index (χ0v) is 18.2. The van der Waals surface area contributed by atoms with Gasteiger partial charge in [0.1, 0.15) is 23.7 Å². The Morgan fingerprint density at radius 3 is 2.72 bits per heavy atom. The molecule has 3 heterocycles. The Balaban J connectivity index is 1.60. The Hall–Kier alpha value is -1.37. The molecule has 0 aliphatic carbocycles. The highest BCUT2D eigenvalue weighted by molar-refractivity contribution is 8.13. The van der Waals surface area contributed by atoms with Gasteiger partial charge in [0.05, 0.1) is 0 Å². The van der Waals surface area contributed by atoms with Crippen molar-refractivity contribution in [2.75, 3.05) is 23.9 Å². The molecule has 2 unspecified atom stereocenters. The molecular weight excluding hydrogens is 440 g/mol. The van der Waals surface area contributed by atoms with Crippen molar-refractivity contribution in [2.45, 2.75) is 42.2 Å². The molecule has 29 heavy (non-hydrogen) atoms. The predicted molar refractivity (Wildman–Crippen MR) is 109 cm³/mol. The van der Waals surface area contributed by atoms with Crippen LogP contribution in [0.5, 0.6) is 0 Å². The number of nitrogens with one attached hydrogen (secondary N) is 1. The molecule has 0 spiro atoms. The van der Waals surface area contributed by atoms with Crippen LogP contribution in [-0.4, -0.2) is 78.2 Å². The quantitative estimate of drug-likeness (QED) is 0.310. The first-order chi connectivity index (χ1) is 13.8. The number of hydrogen-bond acceptors (Lipinski definition) is 8. The lowest BCUT2D eigenvalue weighted by Crippen LogP contribution is -2.71. The molecule has 3 aliphatic rings. The van der Waals surface area contributed by atoms with E-state index in [9.17, 15) is 28.8 Å². The van der Waals surface area contributed by atoms with E-state index in [4.69, 9.17) is 4.74 Å². The predicted octanol–water partition coefficient (Wildman–Crippen LogP) is 0.280. The van der Waals surface area contributed by atoms with Crippen molar-refractivity contribution in [3.8, 4) is 0 Å². The van der Waals surface area contributed by atoms with Crippen LogP contribution in [0, 0.1) is 0 Å². The van der Waals surface area contributed by atoms with Gasteiger partial charge in [-0.2, -0.15) is 0 Å². The molecule has 160 valence electrons. The lowest BCUT2D eigenvalue weighted by Gasteiger charge is -2.49. The van der Waals surface area contributed by atoms with Crippen molar-refractivity contribution in [1.29, 1.82) is 0 Å². The zero-order chi connectivity index (χ0) is 21.1. The molecule has 2 amide bonds. The Morgan fingerprint density at radius 2 is 2.10 bits per heavy atom. The number of carboxylic acids is 1. The zero-order valence-electron chi connectivity index (χ0n) is 15.8. The lowest BCUT2D eigenvalue weighted by atomic mass is 10.0. The van der Waals surface area contributed by atoms with Gasteiger partial charge in [0.15, 0.2) is 10.3 Å². The molecule has 2 N–H and O–H groups in total. The second-order valence-corrected chi connectivity index (χ2v) is 11.1. The van der Waals surface area contributed by atoms with E-state index in [1.807, 2.05) is 0 Å². The molecule has 4 atom stereocenters. The van der Waals surface area contributed by atoms with Gasteiger partial charge in [0.2, 0.25) is 0 Å². The van der Waals surface area contributed by atoms with Crippen LogP contribution in [0.3, 0.4) is 0 Å². The van der Waals surface area contributed by atoms with Crippen LogP contribution >= 0.6 is 23.5 Å². The SMILES string of the molecule is CC(=O)OCC1=C(C(=O)O)N2C(=O)[C@@H](NC(=O)C[S+]([O-])C3CCCCS3)[C@H]2SC1. The summed E-state index contributed by atoms with van der Waals surface area (Å²) in [6, 6.07) is -0.854. The highest BCUT2D eigenvalue weighted by atomic mass is 32.3. The smallest absolute Gasteiger partial charge is 0.352 e. The van der Waals surface area contributed by atoms with Gasteiger partial charge in [-0.3, -0.25) is 19.3 Å². The minimum absolute atomic E-state index is 0.0578. The third-order valence-corrected chi connectivity index (χ3v) is 9.61. The fourth-order valence-electron chi connectivity index (χ4n) is 3.34. The van der Waals surface area contributed by atoms with Gasteiger partial charge >= 0.3 is 11.9 Å². The molecule has 3 rings (SSSR count). The van der Waals surface area contributed by atoms with E-state index in [0.717, 1.165) is 29.9 Å². The molecule has 3 aliphatic heterocycles. The average Bonchev–Trinajstić information content (AvgIpc) is 2.70. The maximum atomic E-state index is 12.5. The number of nitrogens with zero attached hydrogens (tertiary/aromatic N) is 1. The van der Waals surface area contributed by atoms with Gasteiger partial charge < -0.3 is 19.7 Å².